The van der Waals surface area contributed by atoms with Crippen molar-refractivity contribution < 1.29 is 79.0 Å². The second kappa shape index (κ2) is 45.3. The summed E-state index contributed by atoms with van der Waals surface area (Å²) in [5, 5.41) is 97.3. The van der Waals surface area contributed by atoms with Crippen molar-refractivity contribution in [2.45, 2.75) is 76.3 Å². The Labute approximate surface area is 755 Å². The lowest BCUT2D eigenvalue weighted by molar-refractivity contribution is 0.0990. The fourth-order valence-electron chi connectivity index (χ4n) is 13.6. The second-order valence-electron chi connectivity index (χ2n) is 29.6. The minimum Gasteiger partial charge on any atom is -0.508 e. The molecule has 0 fully saturated rings. The Hall–Kier alpha value is -16.7. The van der Waals surface area contributed by atoms with Crippen LogP contribution in [0.2, 0.25) is 0 Å². The van der Waals surface area contributed by atoms with E-state index in [1.54, 1.807) is 172 Å². The molecule has 662 valence electrons. The molecule has 16 aromatic rings. The van der Waals surface area contributed by atoms with Crippen molar-refractivity contribution in [2.75, 3.05) is 24.5 Å². The Balaban J connectivity index is 0.000000182. The quantitative estimate of drug-likeness (QED) is 0.0382. The average molecular weight is 1750 g/mol. The number of benzene rings is 16. The van der Waals surface area contributed by atoms with Crippen LogP contribution in [0.4, 0.5) is 65.7 Å². The van der Waals surface area contributed by atoms with Crippen molar-refractivity contribution in [1.82, 2.24) is 0 Å². The van der Waals surface area contributed by atoms with Crippen molar-refractivity contribution in [3.8, 4) is 57.5 Å². The largest absolute Gasteiger partial charge is 0.508 e. The fourth-order valence-corrected chi connectivity index (χ4v) is 13.6. The highest BCUT2D eigenvalue weighted by molar-refractivity contribution is 6.14. The van der Waals surface area contributed by atoms with E-state index >= 15 is 0 Å². The number of anilines is 10. The maximum atomic E-state index is 13.6. The van der Waals surface area contributed by atoms with E-state index in [0.717, 1.165) is 58.2 Å². The predicted molar refractivity (Wildman–Crippen MR) is 516 cm³/mol. The summed E-state index contributed by atoms with van der Waals surface area (Å²) in [6.07, 6.45) is 2.04. The zero-order valence-corrected chi connectivity index (χ0v) is 69.9. The van der Waals surface area contributed by atoms with Crippen molar-refractivity contribution in [3.05, 3.63) is 431 Å². The van der Waals surface area contributed by atoms with E-state index in [1.165, 1.54) is 106 Å². The smallest absolute Gasteiger partial charge is 0.263 e. The van der Waals surface area contributed by atoms with Crippen LogP contribution in [0.15, 0.2) is 364 Å². The van der Waals surface area contributed by atoms with E-state index in [-0.39, 0.29) is 97.3 Å². The highest BCUT2D eigenvalue weighted by Gasteiger charge is 2.27. The van der Waals surface area contributed by atoms with E-state index < -0.39 is 23.3 Å². The van der Waals surface area contributed by atoms with Gasteiger partial charge in [-0.3, -0.25) is 38.8 Å². The number of nitrogens with zero attached hydrogens (tertiary/aromatic N) is 5. The lowest BCUT2D eigenvalue weighted by Crippen LogP contribution is -2.26. The molecule has 21 heteroatoms. The van der Waals surface area contributed by atoms with E-state index in [0.29, 0.717) is 68.7 Å². The highest BCUT2D eigenvalue weighted by atomic mass is 19.1. The van der Waals surface area contributed by atoms with Gasteiger partial charge in [-0.05, 0) is 369 Å². The lowest BCUT2D eigenvalue weighted by Gasteiger charge is -2.26. The number of hydrogen-bond donors (Lipinski definition) is 10. The third-order valence-electron chi connectivity index (χ3n) is 20.8. The maximum Gasteiger partial charge on any atom is 0.263 e. The van der Waals surface area contributed by atoms with E-state index in [4.69, 9.17) is 0 Å². The Kier molecular flexibility index (Phi) is 33.8. The number of phenolic OH excluding ortho intramolecular Hbond substituents is 10. The summed E-state index contributed by atoms with van der Waals surface area (Å²) in [6.45, 7) is 11.0. The molecule has 0 bridgehead atoms. The summed E-state index contributed by atoms with van der Waals surface area (Å²) in [5.74, 6) is -1.75. The maximum absolute atomic E-state index is 13.6. The summed E-state index contributed by atoms with van der Waals surface area (Å²) in [7, 11) is 0. The van der Waals surface area contributed by atoms with Crippen LogP contribution in [0.1, 0.15) is 110 Å². The van der Waals surface area contributed by atoms with E-state index in [1.807, 2.05) is 111 Å². The van der Waals surface area contributed by atoms with Gasteiger partial charge in [0.1, 0.15) is 57.6 Å². The zero-order chi connectivity index (χ0) is 90.4. The molecule has 0 spiro atoms. The molecule has 0 saturated heterocycles. The van der Waals surface area contributed by atoms with Gasteiger partial charge in [0.05, 0.1) is 0 Å². The van der Waals surface area contributed by atoms with Crippen LogP contribution < -0.4 is 24.5 Å². The molecule has 0 aromatic heterocycles. The second-order valence-corrected chi connectivity index (χ2v) is 29.6. The molecule has 0 heterocycles. The van der Waals surface area contributed by atoms with E-state index in [2.05, 4.69) is 43.9 Å². The topological polar surface area (TPSA) is 287 Å². The number of fused-ring (bicyclic) bond motifs is 1. The molecular formula is C109H103F2N5O14. The number of carbonyl (C=O) groups excluding carboxylic acids is 4. The number of phenols is 10. The molecule has 0 aliphatic rings. The third-order valence-corrected chi connectivity index (χ3v) is 20.8. The Bertz CT molecular complexity index is 6210. The summed E-state index contributed by atoms with van der Waals surface area (Å²) in [5.41, 5.74) is 15.2. The van der Waals surface area contributed by atoms with Crippen molar-refractivity contribution in [1.29, 1.82) is 0 Å². The molecule has 16 rings (SSSR count). The van der Waals surface area contributed by atoms with Crippen molar-refractivity contribution >= 4 is 91.3 Å². The molecule has 0 aliphatic heterocycles. The normalized spacial score (nSPS) is 10.3. The predicted octanol–water partition coefficient (Wildman–Crippen LogP) is 26.3. The number of carbonyl (C=O) groups is 4. The SMILES string of the molecule is C.C.C.CCCc1ccc(C(=O)N(c2ccc(O)cc2)c2ccc(O)cc2)cc1.Cc1cccc(C(=O)N(c2ccc(O)cc2)c2ccc(O)cc2)c1C.Cc1cccc(CN(c2ccc(O)cc2)c2ccc(O)cc2)c1C.O=C(c1ccc(O)c(F)c1)N(c1ccc(O)cc1)c1ccc(F)cc1.O=C(c1ccc2ccccc2c1)N(c1ccc(O)cc1)c1ccc(O)cc1. The average Bonchev–Trinajstić information content (AvgIpc) is 0.821. The molecule has 0 unspecified atom stereocenters. The van der Waals surface area contributed by atoms with Gasteiger partial charge in [0.25, 0.3) is 23.6 Å². The van der Waals surface area contributed by atoms with Crippen LogP contribution >= 0.6 is 0 Å². The number of aryl methyl sites for hydroxylation is 3. The molecule has 16 aromatic carbocycles. The van der Waals surface area contributed by atoms with Gasteiger partial charge in [-0.25, -0.2) is 8.78 Å². The lowest BCUT2D eigenvalue weighted by atomic mass is 10.0. The highest BCUT2D eigenvalue weighted by Crippen LogP contribution is 2.38. The van der Waals surface area contributed by atoms with Gasteiger partial charge in [-0.2, -0.15) is 0 Å². The molecule has 0 saturated carbocycles. The first-order valence-corrected chi connectivity index (χ1v) is 40.4. The minimum atomic E-state index is -0.921. The van der Waals surface area contributed by atoms with Gasteiger partial charge >= 0.3 is 0 Å². The number of amides is 4. The van der Waals surface area contributed by atoms with Crippen LogP contribution in [0, 0.1) is 39.3 Å². The van der Waals surface area contributed by atoms with Crippen LogP contribution in [-0.4, -0.2) is 74.7 Å². The van der Waals surface area contributed by atoms with Crippen LogP contribution in [0.25, 0.3) is 10.8 Å². The van der Waals surface area contributed by atoms with Crippen LogP contribution in [-0.2, 0) is 13.0 Å². The monoisotopic (exact) mass is 1740 g/mol. The first-order chi connectivity index (χ1) is 61.2. The summed E-state index contributed by atoms with van der Waals surface area (Å²) in [4.78, 5) is 60.8. The summed E-state index contributed by atoms with van der Waals surface area (Å²) in [6, 6.07) is 100. The first-order valence-electron chi connectivity index (χ1n) is 40.4. The van der Waals surface area contributed by atoms with Crippen molar-refractivity contribution in [3.63, 3.8) is 0 Å². The van der Waals surface area contributed by atoms with Gasteiger partial charge in [0.2, 0.25) is 0 Å². The Morgan fingerprint density at radius 1 is 0.277 bits per heavy atom. The molecule has 0 radical (unpaired) electrons. The number of halogens is 2. The van der Waals surface area contributed by atoms with E-state index in [9.17, 15) is 79.0 Å². The van der Waals surface area contributed by atoms with Crippen molar-refractivity contribution in [2.24, 2.45) is 0 Å². The molecule has 19 nitrogen and oxygen atoms in total. The molecular weight excluding hydrogens is 1640 g/mol. The third kappa shape index (κ3) is 24.9. The van der Waals surface area contributed by atoms with Gasteiger partial charge in [-0.15, -0.1) is 0 Å². The standard InChI is InChI=1S/C23H17NO3.C22H21NO3.C21H19NO3.C21H21NO2.C19H13F2NO3.3CH4/c25-21-11-7-19(8-12-21)24(20-9-13-22(26)14-10-20)23(27)18-6-5-16-3-1-2-4-17(16)15-18;1-2-3-16-4-6-17(7-5-16)22(26)23(18-8-12-20(24)13-9-18)19-10-14-21(25)15-11-19;1-14-4-3-5-20(15(14)2)21(25)22(16-6-10-18(23)11-7-16)17-8-12-19(24)13-9-17;1-15-4-3-5-17(16(15)2)14-22(18-6-10-20(23)11-7-18)19-8-12-21(24)13-9-19;20-13-2-4-14(5-3-13)22(15-6-8-16(23)9-7-15)19(25)12-1-10-18(24)17(21)11-12;;;/h1-15,25-26H;4-15,24-25H,2-3H2,1H3;3-13,23-24H,1-2H3;3-13,23-24H,14H2,1-2H3;1-11,23-24H;3*1H4. The van der Waals surface area contributed by atoms with Gasteiger partial charge in [0.15, 0.2) is 11.6 Å². The number of rotatable bonds is 18. The number of aromatic hydroxyl groups is 10. The molecule has 0 aliphatic carbocycles. The van der Waals surface area contributed by atoms with Crippen LogP contribution in [0.5, 0.6) is 57.5 Å². The molecule has 10 N–H and O–H groups in total. The zero-order valence-electron chi connectivity index (χ0n) is 69.9. The fraction of sp³-hybridized carbons (Fsp3) is 0.101. The first kappa shape index (κ1) is 97.1. The van der Waals surface area contributed by atoms with Gasteiger partial charge < -0.3 is 56.0 Å². The molecule has 0 atom stereocenters. The summed E-state index contributed by atoms with van der Waals surface area (Å²) >= 11 is 0. The summed E-state index contributed by atoms with van der Waals surface area (Å²) < 4.78 is 26.8. The van der Waals surface area contributed by atoms with Crippen LogP contribution in [0.3, 0.4) is 0 Å². The Morgan fingerprint density at radius 2 is 0.569 bits per heavy atom. The van der Waals surface area contributed by atoms with Gasteiger partial charge in [0, 0.05) is 85.7 Å². The molecule has 4 amide bonds. The number of hydrogen-bond acceptors (Lipinski definition) is 15. The van der Waals surface area contributed by atoms with Gasteiger partial charge in [-0.1, -0.05) is 108 Å². The molecule has 130 heavy (non-hydrogen) atoms. The Morgan fingerprint density at radius 3 is 0.923 bits per heavy atom. The minimum absolute atomic E-state index is 0.